The van der Waals surface area contributed by atoms with E-state index in [0.29, 0.717) is 0 Å². The summed E-state index contributed by atoms with van der Waals surface area (Å²) in [5.74, 6) is 0.787. The number of benzene rings is 3. The van der Waals surface area contributed by atoms with Crippen LogP contribution in [0.15, 0.2) is 102 Å². The van der Waals surface area contributed by atoms with E-state index >= 15 is 0 Å². The van der Waals surface area contributed by atoms with Gasteiger partial charge in [-0.1, -0.05) is 72.6 Å². The number of aromatic nitrogens is 2. The number of nitrogens with zero attached hydrogens (tertiary/aromatic N) is 2. The van der Waals surface area contributed by atoms with Crippen molar-refractivity contribution in [2.45, 2.75) is 38.4 Å². The number of pyridine rings is 2. The molecule has 0 atom stereocenters. The molecule has 0 aliphatic heterocycles. The Bertz CT molecular complexity index is 1700. The fourth-order valence-electron chi connectivity index (χ4n) is 4.87. The van der Waals surface area contributed by atoms with Crippen molar-refractivity contribution in [3.05, 3.63) is 115 Å². The molecule has 1 aliphatic rings. The topological polar surface area (TPSA) is 38.9 Å². The molecule has 3 aromatic heterocycles. The SMILES string of the molecule is C[Si](C)(C)c1cccc2c1oc1c(-c3ccccn3)[c-]ccc12.[Ir].[c-]1ccccc1-c1cc(C2CC2)ccn1. The monoisotopic (exact) mass is 703 g/mol. The molecule has 3 aromatic carbocycles. The van der Waals surface area contributed by atoms with Gasteiger partial charge >= 0.3 is 0 Å². The van der Waals surface area contributed by atoms with E-state index < -0.39 is 8.07 Å². The van der Waals surface area contributed by atoms with E-state index in [9.17, 15) is 0 Å². The molecule has 1 saturated carbocycles. The van der Waals surface area contributed by atoms with Crippen molar-refractivity contribution >= 4 is 35.2 Å². The number of rotatable bonds is 4. The van der Waals surface area contributed by atoms with Gasteiger partial charge in [-0.05, 0) is 47.5 Å². The largest absolute Gasteiger partial charge is 0.501 e. The molecule has 0 unspecified atom stereocenters. The number of fused-ring (bicyclic) bond motifs is 3. The number of para-hydroxylation sites is 1. The maximum absolute atomic E-state index is 6.36. The summed E-state index contributed by atoms with van der Waals surface area (Å²) < 4.78 is 6.36. The van der Waals surface area contributed by atoms with Crippen LogP contribution in [0.2, 0.25) is 19.6 Å². The Morgan fingerprint density at radius 3 is 2.26 bits per heavy atom. The summed E-state index contributed by atoms with van der Waals surface area (Å²) in [7, 11) is -1.48. The minimum Gasteiger partial charge on any atom is -0.501 e. The van der Waals surface area contributed by atoms with E-state index in [0.717, 1.165) is 45.0 Å². The Morgan fingerprint density at radius 2 is 1.54 bits per heavy atom. The van der Waals surface area contributed by atoms with Gasteiger partial charge in [-0.2, -0.15) is 0 Å². The molecule has 1 aliphatic carbocycles. The Balaban J connectivity index is 0.000000167. The van der Waals surface area contributed by atoms with E-state index in [4.69, 9.17) is 4.42 Å². The van der Waals surface area contributed by atoms with Crippen molar-refractivity contribution < 1.29 is 24.5 Å². The third-order valence-electron chi connectivity index (χ3n) is 7.01. The molecule has 197 valence electrons. The summed E-state index contributed by atoms with van der Waals surface area (Å²) in [5, 5.41) is 3.68. The predicted molar refractivity (Wildman–Crippen MR) is 159 cm³/mol. The van der Waals surface area contributed by atoms with Crippen LogP contribution in [0, 0.1) is 12.1 Å². The molecule has 7 rings (SSSR count). The molecule has 0 N–H and O–H groups in total. The van der Waals surface area contributed by atoms with Gasteiger partial charge in [0.05, 0.1) is 13.7 Å². The van der Waals surface area contributed by atoms with Gasteiger partial charge in [0.25, 0.3) is 0 Å². The van der Waals surface area contributed by atoms with Crippen LogP contribution in [0.25, 0.3) is 44.5 Å². The molecule has 3 heterocycles. The van der Waals surface area contributed by atoms with Crippen molar-refractivity contribution in [3.63, 3.8) is 0 Å². The Morgan fingerprint density at radius 1 is 0.744 bits per heavy atom. The van der Waals surface area contributed by atoms with Crippen molar-refractivity contribution in [2.24, 2.45) is 0 Å². The minimum absolute atomic E-state index is 0. The summed E-state index contributed by atoms with van der Waals surface area (Å²) in [6, 6.07) is 35.3. The zero-order chi connectivity index (χ0) is 26.1. The third-order valence-corrected chi connectivity index (χ3v) is 9.02. The van der Waals surface area contributed by atoms with Gasteiger partial charge in [-0.25, -0.2) is 0 Å². The zero-order valence-electron chi connectivity index (χ0n) is 22.4. The van der Waals surface area contributed by atoms with Crippen LogP contribution in [0.5, 0.6) is 0 Å². The quantitative estimate of drug-likeness (QED) is 0.137. The normalized spacial score (nSPS) is 13.0. The van der Waals surface area contributed by atoms with Crippen LogP contribution in [-0.2, 0) is 20.1 Å². The molecule has 39 heavy (non-hydrogen) atoms. The van der Waals surface area contributed by atoms with Crippen molar-refractivity contribution in [1.82, 2.24) is 9.97 Å². The Labute approximate surface area is 244 Å². The van der Waals surface area contributed by atoms with E-state index in [1.165, 1.54) is 29.0 Å². The summed E-state index contributed by atoms with van der Waals surface area (Å²) in [4.78, 5) is 8.85. The van der Waals surface area contributed by atoms with Gasteiger partial charge < -0.3 is 14.4 Å². The molecule has 0 amide bonds. The average Bonchev–Trinajstić information content (AvgIpc) is 3.74. The van der Waals surface area contributed by atoms with E-state index in [2.05, 4.69) is 84.2 Å². The molecule has 0 saturated heterocycles. The van der Waals surface area contributed by atoms with Gasteiger partial charge in [0.15, 0.2) is 0 Å². The molecule has 1 fully saturated rings. The molecular formula is C34H30IrN2OSi-2. The molecule has 0 bridgehead atoms. The minimum atomic E-state index is -1.48. The van der Waals surface area contributed by atoms with Crippen molar-refractivity contribution in [1.29, 1.82) is 0 Å². The van der Waals surface area contributed by atoms with Gasteiger partial charge in [0, 0.05) is 37.9 Å². The van der Waals surface area contributed by atoms with Gasteiger partial charge in [-0.3, -0.25) is 0 Å². The average molecular weight is 703 g/mol. The predicted octanol–water partition coefficient (Wildman–Crippen LogP) is 8.42. The number of furan rings is 1. The van der Waals surface area contributed by atoms with Gasteiger partial charge in [0.1, 0.15) is 5.58 Å². The van der Waals surface area contributed by atoms with E-state index in [1.807, 2.05) is 48.7 Å². The Kier molecular flexibility index (Phi) is 7.95. The Hall–Kier alpha value is -3.37. The standard InChI is InChI=1S/C20H18NOSi.C14H12N.Ir/c1-23(2,3)18-12-7-9-15-14-8-6-10-16(19(14)22-20(15)18)17-11-4-5-13-21-17;1-2-4-12(5-3-1)14-10-13(8-9-15-14)11-6-7-11;/h4-9,11-13H,1-3H3;1-4,8-11H,6-7H2;/q2*-1;. The molecule has 3 nitrogen and oxygen atoms in total. The second-order valence-corrected chi connectivity index (χ2v) is 15.9. The summed E-state index contributed by atoms with van der Waals surface area (Å²) >= 11 is 0. The molecular weight excluding hydrogens is 673 g/mol. The number of hydrogen-bond donors (Lipinski definition) is 0. The molecule has 5 heteroatoms. The third kappa shape index (κ3) is 5.81. The van der Waals surface area contributed by atoms with Crippen molar-refractivity contribution in [3.8, 4) is 22.5 Å². The van der Waals surface area contributed by atoms with Crippen LogP contribution in [-0.4, -0.2) is 18.0 Å². The first-order valence-electron chi connectivity index (χ1n) is 13.2. The first kappa shape index (κ1) is 27.2. The first-order chi connectivity index (χ1) is 18.5. The van der Waals surface area contributed by atoms with E-state index in [1.54, 1.807) is 6.20 Å². The smallest absolute Gasteiger partial charge is 0.120 e. The second-order valence-electron chi connectivity index (χ2n) is 10.9. The van der Waals surface area contributed by atoms with Crippen LogP contribution in [0.1, 0.15) is 24.3 Å². The first-order valence-corrected chi connectivity index (χ1v) is 16.7. The van der Waals surface area contributed by atoms with Crippen LogP contribution >= 0.6 is 0 Å². The fourth-order valence-corrected chi connectivity index (χ4v) is 6.34. The van der Waals surface area contributed by atoms with Crippen LogP contribution in [0.3, 0.4) is 0 Å². The summed E-state index contributed by atoms with van der Waals surface area (Å²) in [5.41, 5.74) is 7.29. The maximum atomic E-state index is 6.36. The molecule has 1 radical (unpaired) electrons. The van der Waals surface area contributed by atoms with Crippen molar-refractivity contribution in [2.75, 3.05) is 0 Å². The number of hydrogen-bond acceptors (Lipinski definition) is 3. The second kappa shape index (κ2) is 11.4. The zero-order valence-corrected chi connectivity index (χ0v) is 25.8. The van der Waals surface area contributed by atoms with E-state index in [-0.39, 0.29) is 20.1 Å². The van der Waals surface area contributed by atoms with Crippen LogP contribution < -0.4 is 5.19 Å². The maximum Gasteiger partial charge on any atom is 0.120 e. The van der Waals surface area contributed by atoms with Gasteiger partial charge in [-0.15, -0.1) is 54.1 Å². The fraction of sp³-hybridized carbons (Fsp3) is 0.176. The van der Waals surface area contributed by atoms with Gasteiger partial charge in [0.2, 0.25) is 0 Å². The molecule has 0 spiro atoms. The summed E-state index contributed by atoms with van der Waals surface area (Å²) in [6.07, 6.45) is 6.38. The van der Waals surface area contributed by atoms with Crippen LogP contribution in [0.4, 0.5) is 0 Å². The summed E-state index contributed by atoms with van der Waals surface area (Å²) in [6.45, 7) is 7.04. The molecule has 6 aromatic rings.